The summed E-state index contributed by atoms with van der Waals surface area (Å²) in [5.41, 5.74) is 2.81. The molecule has 0 aliphatic rings. The summed E-state index contributed by atoms with van der Waals surface area (Å²) in [6.07, 6.45) is -2.55. The van der Waals surface area contributed by atoms with Crippen molar-refractivity contribution in [2.75, 3.05) is 0 Å². The zero-order chi connectivity index (χ0) is 18.6. The van der Waals surface area contributed by atoms with Crippen molar-refractivity contribution >= 4 is 10.8 Å². The highest BCUT2D eigenvalue weighted by molar-refractivity contribution is 5.88. The van der Waals surface area contributed by atoms with Crippen LogP contribution in [0.1, 0.15) is 30.0 Å². The van der Waals surface area contributed by atoms with Gasteiger partial charge in [0, 0.05) is 11.1 Å². The molecule has 3 aromatic rings. The molecule has 3 aromatic carbocycles. The van der Waals surface area contributed by atoms with Crippen molar-refractivity contribution in [3.8, 4) is 17.6 Å². The molecule has 0 saturated heterocycles. The van der Waals surface area contributed by atoms with Gasteiger partial charge in [-0.15, -0.1) is 13.2 Å². The second kappa shape index (κ2) is 7.53. The van der Waals surface area contributed by atoms with E-state index in [1.54, 1.807) is 0 Å². The summed E-state index contributed by atoms with van der Waals surface area (Å²) in [5, 5.41) is 2.20. The Morgan fingerprint density at radius 2 is 1.69 bits per heavy atom. The zero-order valence-electron chi connectivity index (χ0n) is 14.2. The zero-order valence-corrected chi connectivity index (χ0v) is 14.2. The topological polar surface area (TPSA) is 9.23 Å². The van der Waals surface area contributed by atoms with Crippen molar-refractivity contribution in [2.45, 2.75) is 26.1 Å². The van der Waals surface area contributed by atoms with Gasteiger partial charge in [0.25, 0.3) is 0 Å². The summed E-state index contributed by atoms with van der Waals surface area (Å²) in [5.74, 6) is 5.85. The standard InChI is InChI=1S/C22H17F3O/c1-2-4-17-10-14-21-18(5-3-6-19(21)15-17)11-7-16-8-12-20(13-9-16)26-22(23,24)25/h3,5-6,8-10,12-15H,2,4H2,1H3. The number of alkyl halides is 3. The first-order valence-corrected chi connectivity index (χ1v) is 8.34. The van der Waals surface area contributed by atoms with E-state index in [-0.39, 0.29) is 5.75 Å². The SMILES string of the molecule is CCCc1ccc2c(C#Cc3ccc(OC(F)(F)F)cc3)cccc2c1. The summed E-state index contributed by atoms with van der Waals surface area (Å²) in [7, 11) is 0. The van der Waals surface area contributed by atoms with Crippen molar-refractivity contribution in [1.82, 2.24) is 0 Å². The molecule has 3 rings (SSSR count). The number of hydrogen-bond acceptors (Lipinski definition) is 1. The Hall–Kier alpha value is -2.93. The fourth-order valence-corrected chi connectivity index (χ4v) is 2.77. The summed E-state index contributed by atoms with van der Waals surface area (Å²) < 4.78 is 40.4. The summed E-state index contributed by atoms with van der Waals surface area (Å²) in [4.78, 5) is 0. The molecule has 0 unspecified atom stereocenters. The number of rotatable bonds is 3. The predicted molar refractivity (Wildman–Crippen MR) is 97.0 cm³/mol. The number of ether oxygens (including phenoxy) is 1. The molecule has 26 heavy (non-hydrogen) atoms. The van der Waals surface area contributed by atoms with Crippen LogP contribution in [0.15, 0.2) is 60.7 Å². The molecular weight excluding hydrogens is 337 g/mol. The number of benzene rings is 3. The predicted octanol–water partition coefficient (Wildman–Crippen LogP) is 6.09. The highest BCUT2D eigenvalue weighted by atomic mass is 19.4. The van der Waals surface area contributed by atoms with Crippen molar-refractivity contribution in [3.63, 3.8) is 0 Å². The minimum Gasteiger partial charge on any atom is -0.406 e. The molecule has 1 nitrogen and oxygen atoms in total. The van der Waals surface area contributed by atoms with Crippen LogP contribution in [0.3, 0.4) is 0 Å². The number of halogens is 3. The van der Waals surface area contributed by atoms with Crippen LogP contribution in [0, 0.1) is 11.8 Å². The maximum Gasteiger partial charge on any atom is 0.573 e. The van der Waals surface area contributed by atoms with Crippen LogP contribution in [0.5, 0.6) is 5.75 Å². The van der Waals surface area contributed by atoms with Crippen molar-refractivity contribution in [1.29, 1.82) is 0 Å². The average Bonchev–Trinajstić information content (AvgIpc) is 2.60. The van der Waals surface area contributed by atoms with Crippen LogP contribution in [-0.4, -0.2) is 6.36 Å². The minimum absolute atomic E-state index is 0.253. The molecule has 0 N–H and O–H groups in total. The first-order chi connectivity index (χ1) is 12.4. The van der Waals surface area contributed by atoms with E-state index in [1.165, 1.54) is 29.8 Å². The Kier molecular flexibility index (Phi) is 5.18. The third-order valence-corrected chi connectivity index (χ3v) is 3.91. The molecule has 4 heteroatoms. The quantitative estimate of drug-likeness (QED) is 0.517. The number of fused-ring (bicyclic) bond motifs is 1. The van der Waals surface area contributed by atoms with E-state index in [4.69, 9.17) is 0 Å². The average molecular weight is 354 g/mol. The molecule has 0 heterocycles. The van der Waals surface area contributed by atoms with Gasteiger partial charge < -0.3 is 4.74 Å². The molecule has 0 aromatic heterocycles. The van der Waals surface area contributed by atoms with Gasteiger partial charge in [-0.25, -0.2) is 0 Å². The number of hydrogen-bond donors (Lipinski definition) is 0. The summed E-state index contributed by atoms with van der Waals surface area (Å²) in [6.45, 7) is 2.15. The molecule has 0 spiro atoms. The van der Waals surface area contributed by atoms with Gasteiger partial charge in [0.2, 0.25) is 0 Å². The summed E-state index contributed by atoms with van der Waals surface area (Å²) >= 11 is 0. The Morgan fingerprint density at radius 1 is 0.923 bits per heavy atom. The lowest BCUT2D eigenvalue weighted by Crippen LogP contribution is -2.16. The first kappa shape index (κ1) is 17.9. The van der Waals surface area contributed by atoms with E-state index in [9.17, 15) is 13.2 Å². The molecule has 0 aliphatic carbocycles. The van der Waals surface area contributed by atoms with Crippen LogP contribution >= 0.6 is 0 Å². The third-order valence-electron chi connectivity index (χ3n) is 3.91. The van der Waals surface area contributed by atoms with Crippen LogP contribution in [0.25, 0.3) is 10.8 Å². The first-order valence-electron chi connectivity index (χ1n) is 8.34. The van der Waals surface area contributed by atoms with Gasteiger partial charge >= 0.3 is 6.36 Å². The van der Waals surface area contributed by atoms with E-state index < -0.39 is 6.36 Å². The van der Waals surface area contributed by atoms with Gasteiger partial charge in [0.1, 0.15) is 5.75 Å². The summed E-state index contributed by atoms with van der Waals surface area (Å²) in [6, 6.07) is 17.9. The Bertz CT molecular complexity index is 961. The van der Waals surface area contributed by atoms with E-state index in [0.717, 1.165) is 29.2 Å². The highest BCUT2D eigenvalue weighted by Crippen LogP contribution is 2.23. The Morgan fingerprint density at radius 3 is 2.38 bits per heavy atom. The second-order valence-corrected chi connectivity index (χ2v) is 5.93. The molecule has 0 bridgehead atoms. The maximum absolute atomic E-state index is 12.2. The molecule has 0 saturated carbocycles. The molecule has 0 atom stereocenters. The molecule has 132 valence electrons. The van der Waals surface area contributed by atoms with Gasteiger partial charge in [-0.3, -0.25) is 0 Å². The maximum atomic E-state index is 12.2. The molecule has 0 fully saturated rings. The van der Waals surface area contributed by atoms with Gasteiger partial charge in [-0.1, -0.05) is 55.5 Å². The van der Waals surface area contributed by atoms with Gasteiger partial charge in [-0.05, 0) is 53.1 Å². The fourth-order valence-electron chi connectivity index (χ4n) is 2.77. The van der Waals surface area contributed by atoms with Crippen molar-refractivity contribution in [3.05, 3.63) is 77.4 Å². The minimum atomic E-state index is -4.69. The van der Waals surface area contributed by atoms with Crippen LogP contribution < -0.4 is 4.74 Å². The largest absolute Gasteiger partial charge is 0.573 e. The second-order valence-electron chi connectivity index (χ2n) is 5.93. The van der Waals surface area contributed by atoms with E-state index in [2.05, 4.69) is 47.8 Å². The normalized spacial score (nSPS) is 11.1. The fraction of sp³-hybridized carbons (Fsp3) is 0.182. The smallest absolute Gasteiger partial charge is 0.406 e. The highest BCUT2D eigenvalue weighted by Gasteiger charge is 2.30. The van der Waals surface area contributed by atoms with Crippen molar-refractivity contribution < 1.29 is 17.9 Å². The van der Waals surface area contributed by atoms with Crippen LogP contribution in [0.4, 0.5) is 13.2 Å². The van der Waals surface area contributed by atoms with Gasteiger partial charge in [-0.2, -0.15) is 0 Å². The van der Waals surface area contributed by atoms with Crippen molar-refractivity contribution in [2.24, 2.45) is 0 Å². The number of aryl methyl sites for hydroxylation is 1. The van der Waals surface area contributed by atoms with E-state index in [0.29, 0.717) is 5.56 Å². The van der Waals surface area contributed by atoms with Gasteiger partial charge in [0.05, 0.1) is 0 Å². The molecular formula is C22H17F3O. The third kappa shape index (κ3) is 4.58. The van der Waals surface area contributed by atoms with Gasteiger partial charge in [0.15, 0.2) is 0 Å². The molecule has 0 aliphatic heterocycles. The lowest BCUT2D eigenvalue weighted by molar-refractivity contribution is -0.274. The van der Waals surface area contributed by atoms with Crippen LogP contribution in [-0.2, 0) is 6.42 Å². The Balaban J connectivity index is 1.85. The lowest BCUT2D eigenvalue weighted by Gasteiger charge is -2.08. The van der Waals surface area contributed by atoms with E-state index in [1.807, 2.05) is 12.1 Å². The van der Waals surface area contributed by atoms with Crippen LogP contribution in [0.2, 0.25) is 0 Å². The lowest BCUT2D eigenvalue weighted by atomic mass is 10.0. The van der Waals surface area contributed by atoms with E-state index >= 15 is 0 Å². The monoisotopic (exact) mass is 354 g/mol. The molecule has 0 radical (unpaired) electrons. The Labute approximate surface area is 150 Å². The molecule has 0 amide bonds.